The van der Waals surface area contributed by atoms with Crippen LogP contribution in [0.15, 0.2) is 12.2 Å². The first kappa shape index (κ1) is 13.7. The highest BCUT2D eigenvalue weighted by Gasteiger charge is 2.21. The zero-order chi connectivity index (χ0) is 11.6. The maximum absolute atomic E-state index is 11.1. The fourth-order valence-corrected chi connectivity index (χ4v) is 1.24. The van der Waals surface area contributed by atoms with Crippen LogP contribution < -0.4 is 0 Å². The maximum atomic E-state index is 11.1. The van der Waals surface area contributed by atoms with Crippen LogP contribution in [0, 0.1) is 5.41 Å². The van der Waals surface area contributed by atoms with Crippen molar-refractivity contribution in [2.75, 3.05) is 19.8 Å². The lowest BCUT2D eigenvalue weighted by Gasteiger charge is -2.27. The minimum Gasteiger partial charge on any atom is -0.213 e. The second-order valence-corrected chi connectivity index (χ2v) is 6.59. The first-order chi connectivity index (χ1) is 6.07. The van der Waals surface area contributed by atoms with E-state index in [4.69, 9.17) is 0 Å². The van der Waals surface area contributed by atoms with Crippen LogP contribution in [0.25, 0.3) is 0 Å². The molecule has 0 bridgehead atoms. The number of hydrogen-bond donors (Lipinski definition) is 0. The molecule has 0 spiro atoms. The molecule has 0 aromatic carbocycles. The van der Waals surface area contributed by atoms with Crippen LogP contribution in [-0.2, 0) is 10.0 Å². The highest BCUT2D eigenvalue weighted by atomic mass is 32.2. The summed E-state index contributed by atoms with van der Waals surface area (Å²) in [5.74, 6) is 0. The quantitative estimate of drug-likeness (QED) is 0.662. The Morgan fingerprint density at radius 1 is 1.43 bits per heavy atom. The third-order valence-electron chi connectivity index (χ3n) is 2.77. The third kappa shape index (κ3) is 4.24. The molecule has 0 saturated heterocycles. The predicted molar refractivity (Wildman–Crippen MR) is 60.7 cm³/mol. The van der Waals surface area contributed by atoms with Crippen molar-refractivity contribution in [1.82, 2.24) is 4.31 Å². The summed E-state index contributed by atoms with van der Waals surface area (Å²) in [6.07, 6.45) is 2.02. The average molecular weight is 219 g/mol. The molecular weight excluding hydrogens is 198 g/mol. The molecule has 0 radical (unpaired) electrons. The second-order valence-electron chi connectivity index (χ2n) is 4.50. The number of hydrogen-bond acceptors (Lipinski definition) is 2. The summed E-state index contributed by atoms with van der Waals surface area (Å²) in [4.78, 5) is 0. The van der Waals surface area contributed by atoms with Gasteiger partial charge in [-0.05, 0) is 18.8 Å². The van der Waals surface area contributed by atoms with E-state index in [2.05, 4.69) is 20.4 Å². The van der Waals surface area contributed by atoms with Gasteiger partial charge in [-0.2, -0.15) is 0 Å². The highest BCUT2D eigenvalue weighted by molar-refractivity contribution is 7.88. The first-order valence-electron chi connectivity index (χ1n) is 4.64. The van der Waals surface area contributed by atoms with Crippen molar-refractivity contribution in [2.24, 2.45) is 5.41 Å². The molecule has 0 rings (SSSR count). The van der Waals surface area contributed by atoms with E-state index in [1.54, 1.807) is 7.05 Å². The Morgan fingerprint density at radius 2 is 1.86 bits per heavy atom. The van der Waals surface area contributed by atoms with Gasteiger partial charge in [-0.1, -0.05) is 26.0 Å². The maximum Gasteiger partial charge on any atom is 0.210 e. The Hall–Kier alpha value is -0.350. The molecule has 3 nitrogen and oxygen atoms in total. The molecule has 84 valence electrons. The van der Waals surface area contributed by atoms with Crippen LogP contribution in [0.1, 0.15) is 27.2 Å². The van der Waals surface area contributed by atoms with Crippen LogP contribution in [0.2, 0.25) is 0 Å². The van der Waals surface area contributed by atoms with Gasteiger partial charge in [-0.25, -0.2) is 12.7 Å². The van der Waals surface area contributed by atoms with E-state index in [1.807, 2.05) is 6.92 Å². The van der Waals surface area contributed by atoms with E-state index in [9.17, 15) is 8.42 Å². The van der Waals surface area contributed by atoms with Crippen LogP contribution in [0.5, 0.6) is 0 Å². The predicted octanol–water partition coefficient (Wildman–Crippen LogP) is 1.87. The number of nitrogens with zero attached hydrogens (tertiary/aromatic N) is 1. The van der Waals surface area contributed by atoms with Crippen molar-refractivity contribution in [1.29, 1.82) is 0 Å². The Bertz CT molecular complexity index is 304. The van der Waals surface area contributed by atoms with Crippen molar-refractivity contribution in [2.45, 2.75) is 27.2 Å². The van der Waals surface area contributed by atoms with Crippen molar-refractivity contribution in [3.05, 3.63) is 12.2 Å². The van der Waals surface area contributed by atoms with E-state index in [0.29, 0.717) is 6.54 Å². The van der Waals surface area contributed by atoms with Gasteiger partial charge in [0.1, 0.15) is 0 Å². The molecule has 0 aliphatic carbocycles. The van der Waals surface area contributed by atoms with Crippen LogP contribution in [-0.4, -0.2) is 32.6 Å². The van der Waals surface area contributed by atoms with Gasteiger partial charge in [0.25, 0.3) is 0 Å². The van der Waals surface area contributed by atoms with Gasteiger partial charge in [0.2, 0.25) is 10.0 Å². The Balaban J connectivity index is 4.27. The monoisotopic (exact) mass is 219 g/mol. The van der Waals surface area contributed by atoms with Crippen LogP contribution in [0.4, 0.5) is 0 Å². The molecule has 4 heteroatoms. The van der Waals surface area contributed by atoms with Gasteiger partial charge in [0.05, 0.1) is 6.26 Å². The molecule has 0 heterocycles. The summed E-state index contributed by atoms with van der Waals surface area (Å²) in [6, 6.07) is 0. The summed E-state index contributed by atoms with van der Waals surface area (Å²) in [5, 5.41) is 0. The zero-order valence-electron chi connectivity index (χ0n) is 9.79. The van der Waals surface area contributed by atoms with Gasteiger partial charge >= 0.3 is 0 Å². The van der Waals surface area contributed by atoms with Gasteiger partial charge in [-0.15, -0.1) is 0 Å². The van der Waals surface area contributed by atoms with E-state index in [1.165, 1.54) is 10.6 Å². The summed E-state index contributed by atoms with van der Waals surface area (Å²) >= 11 is 0. The Kier molecular flexibility index (Phi) is 4.34. The van der Waals surface area contributed by atoms with Crippen molar-refractivity contribution >= 4 is 10.0 Å². The van der Waals surface area contributed by atoms with Gasteiger partial charge in [0, 0.05) is 13.6 Å². The van der Waals surface area contributed by atoms with Gasteiger partial charge < -0.3 is 0 Å². The molecule has 0 aromatic rings. The molecule has 0 unspecified atom stereocenters. The van der Waals surface area contributed by atoms with Gasteiger partial charge in [0.15, 0.2) is 0 Å². The molecule has 0 amide bonds. The lowest BCUT2D eigenvalue weighted by molar-refractivity contribution is 0.353. The van der Waals surface area contributed by atoms with Crippen molar-refractivity contribution in [3.8, 4) is 0 Å². The molecule has 0 saturated carbocycles. The SMILES string of the molecule is C=C(C)C(C)(C)CCN(C)S(C)(=O)=O. The topological polar surface area (TPSA) is 37.4 Å². The fraction of sp³-hybridized carbons (Fsp3) is 0.800. The lowest BCUT2D eigenvalue weighted by Crippen LogP contribution is -2.29. The highest BCUT2D eigenvalue weighted by Crippen LogP contribution is 2.28. The summed E-state index contributed by atoms with van der Waals surface area (Å²) < 4.78 is 23.6. The van der Waals surface area contributed by atoms with E-state index in [0.717, 1.165) is 12.0 Å². The standard InChI is InChI=1S/C10H21NO2S/c1-9(2)10(3,4)7-8-11(5)14(6,12)13/h1,7-8H2,2-6H3. The smallest absolute Gasteiger partial charge is 0.210 e. The first-order valence-corrected chi connectivity index (χ1v) is 6.49. The molecule has 0 atom stereocenters. The summed E-state index contributed by atoms with van der Waals surface area (Å²) in [6.45, 7) is 10.6. The van der Waals surface area contributed by atoms with E-state index >= 15 is 0 Å². The van der Waals surface area contributed by atoms with Gasteiger partial charge in [-0.3, -0.25) is 0 Å². The number of allylic oxidation sites excluding steroid dienone is 1. The normalized spacial score (nSPS) is 13.3. The van der Waals surface area contributed by atoms with Crippen molar-refractivity contribution < 1.29 is 8.42 Å². The molecule has 0 aliphatic rings. The summed E-state index contributed by atoms with van der Waals surface area (Å²) in [7, 11) is -1.45. The molecular formula is C10H21NO2S. The minimum absolute atomic E-state index is 0.00104. The van der Waals surface area contributed by atoms with E-state index in [-0.39, 0.29) is 5.41 Å². The third-order valence-corrected chi connectivity index (χ3v) is 4.09. The largest absolute Gasteiger partial charge is 0.213 e. The molecule has 0 N–H and O–H groups in total. The Morgan fingerprint density at radius 3 is 2.14 bits per heavy atom. The summed E-state index contributed by atoms with van der Waals surface area (Å²) in [5.41, 5.74) is 1.08. The second kappa shape index (κ2) is 4.45. The van der Waals surface area contributed by atoms with Crippen LogP contribution in [0.3, 0.4) is 0 Å². The molecule has 0 aromatic heterocycles. The van der Waals surface area contributed by atoms with Crippen LogP contribution >= 0.6 is 0 Å². The minimum atomic E-state index is -3.05. The fourth-order valence-electron chi connectivity index (χ4n) is 0.816. The number of sulfonamides is 1. The van der Waals surface area contributed by atoms with E-state index < -0.39 is 10.0 Å². The molecule has 14 heavy (non-hydrogen) atoms. The lowest BCUT2D eigenvalue weighted by atomic mass is 9.83. The molecule has 0 aliphatic heterocycles. The number of rotatable bonds is 5. The van der Waals surface area contributed by atoms with Crippen molar-refractivity contribution in [3.63, 3.8) is 0 Å². The Labute approximate surface area is 87.9 Å². The average Bonchev–Trinajstić information content (AvgIpc) is 1.98. The zero-order valence-corrected chi connectivity index (χ0v) is 10.6. The molecule has 0 fully saturated rings.